The topological polar surface area (TPSA) is 28.2 Å². The minimum atomic E-state index is 0.611. The molecule has 1 N–H and O–H groups in total. The van der Waals surface area contributed by atoms with Crippen molar-refractivity contribution in [3.63, 3.8) is 0 Å². The van der Waals surface area contributed by atoms with Gasteiger partial charge in [-0.3, -0.25) is 0 Å². The summed E-state index contributed by atoms with van der Waals surface area (Å²) < 4.78 is 0. The zero-order valence-corrected chi connectivity index (χ0v) is 12.0. The molecule has 1 aliphatic carbocycles. The van der Waals surface area contributed by atoms with E-state index in [1.807, 2.05) is 0 Å². The molecule has 0 atom stereocenters. The number of fused-ring (bicyclic) bond motifs is 1. The van der Waals surface area contributed by atoms with E-state index < -0.39 is 0 Å². The van der Waals surface area contributed by atoms with E-state index in [4.69, 9.17) is 4.98 Å². The molecule has 1 saturated heterocycles. The third-order valence-corrected chi connectivity index (χ3v) is 4.41. The highest BCUT2D eigenvalue weighted by Gasteiger charge is 2.19. The SMILES string of the molecule is CCCN1CCC(Nc2ccc3c(n2)CCC3)CC1. The Hall–Kier alpha value is -1.09. The molecule has 1 aliphatic heterocycles. The highest BCUT2D eigenvalue weighted by molar-refractivity contribution is 5.41. The summed E-state index contributed by atoms with van der Waals surface area (Å²) in [4.78, 5) is 7.36. The van der Waals surface area contributed by atoms with Crippen molar-refractivity contribution in [2.75, 3.05) is 25.0 Å². The highest BCUT2D eigenvalue weighted by Crippen LogP contribution is 2.23. The van der Waals surface area contributed by atoms with Gasteiger partial charge in [-0.1, -0.05) is 13.0 Å². The molecule has 3 nitrogen and oxygen atoms in total. The maximum absolute atomic E-state index is 4.78. The second-order valence-corrected chi connectivity index (χ2v) is 5.92. The van der Waals surface area contributed by atoms with Crippen LogP contribution in [0.3, 0.4) is 0 Å². The number of nitrogens with one attached hydrogen (secondary N) is 1. The third kappa shape index (κ3) is 3.08. The van der Waals surface area contributed by atoms with Crippen molar-refractivity contribution in [3.8, 4) is 0 Å². The fraction of sp³-hybridized carbons (Fsp3) is 0.688. The summed E-state index contributed by atoms with van der Waals surface area (Å²) in [5.74, 6) is 1.09. The molecule has 0 bridgehead atoms. The molecule has 1 fully saturated rings. The summed E-state index contributed by atoms with van der Waals surface area (Å²) in [6.45, 7) is 5.98. The van der Waals surface area contributed by atoms with E-state index in [0.29, 0.717) is 6.04 Å². The number of piperidine rings is 1. The molecule has 3 rings (SSSR count). The molecule has 0 spiro atoms. The van der Waals surface area contributed by atoms with Gasteiger partial charge in [0.1, 0.15) is 5.82 Å². The van der Waals surface area contributed by atoms with Gasteiger partial charge in [-0.05, 0) is 56.7 Å². The molecule has 2 heterocycles. The Bertz CT molecular complexity index is 422. The summed E-state index contributed by atoms with van der Waals surface area (Å²) in [6.07, 6.45) is 7.43. The average molecular weight is 259 g/mol. The van der Waals surface area contributed by atoms with Crippen LogP contribution >= 0.6 is 0 Å². The van der Waals surface area contributed by atoms with Gasteiger partial charge >= 0.3 is 0 Å². The van der Waals surface area contributed by atoms with Crippen molar-refractivity contribution in [1.29, 1.82) is 0 Å². The first-order valence-electron chi connectivity index (χ1n) is 7.83. The second kappa shape index (κ2) is 5.91. The van der Waals surface area contributed by atoms with Crippen LogP contribution in [0.2, 0.25) is 0 Å². The number of likely N-dealkylation sites (tertiary alicyclic amines) is 1. The van der Waals surface area contributed by atoms with Gasteiger partial charge in [-0.25, -0.2) is 4.98 Å². The second-order valence-electron chi connectivity index (χ2n) is 5.92. The van der Waals surface area contributed by atoms with Crippen molar-refractivity contribution >= 4 is 5.82 Å². The lowest BCUT2D eigenvalue weighted by Gasteiger charge is -2.32. The van der Waals surface area contributed by atoms with Gasteiger partial charge in [0.05, 0.1) is 0 Å². The molecule has 0 saturated carbocycles. The molecule has 2 aliphatic rings. The molecule has 104 valence electrons. The molecule has 0 radical (unpaired) electrons. The van der Waals surface area contributed by atoms with E-state index >= 15 is 0 Å². The lowest BCUT2D eigenvalue weighted by molar-refractivity contribution is 0.219. The van der Waals surface area contributed by atoms with Crippen LogP contribution in [0.4, 0.5) is 5.82 Å². The number of pyridine rings is 1. The van der Waals surface area contributed by atoms with Gasteiger partial charge in [0.25, 0.3) is 0 Å². The first-order chi connectivity index (χ1) is 9.35. The Morgan fingerprint density at radius 3 is 2.89 bits per heavy atom. The van der Waals surface area contributed by atoms with Crippen molar-refractivity contribution in [2.45, 2.75) is 51.5 Å². The van der Waals surface area contributed by atoms with Gasteiger partial charge in [0.2, 0.25) is 0 Å². The summed E-state index contributed by atoms with van der Waals surface area (Å²) >= 11 is 0. The Morgan fingerprint density at radius 1 is 1.26 bits per heavy atom. The van der Waals surface area contributed by atoms with Crippen LogP contribution in [0, 0.1) is 0 Å². The smallest absolute Gasteiger partial charge is 0.126 e. The van der Waals surface area contributed by atoms with E-state index in [0.717, 1.165) is 5.82 Å². The number of rotatable bonds is 4. The minimum Gasteiger partial charge on any atom is -0.367 e. The molecule has 3 heteroatoms. The van der Waals surface area contributed by atoms with Crippen LogP contribution in [0.5, 0.6) is 0 Å². The summed E-state index contributed by atoms with van der Waals surface area (Å²) in [7, 11) is 0. The summed E-state index contributed by atoms with van der Waals surface area (Å²) in [5.41, 5.74) is 2.79. The van der Waals surface area contributed by atoms with E-state index in [1.165, 1.54) is 69.4 Å². The molecule has 1 aromatic rings. The standard InChI is InChI=1S/C16H25N3/c1-2-10-19-11-8-14(9-12-19)17-16-7-6-13-4-3-5-15(13)18-16/h6-7,14H,2-5,8-12H2,1H3,(H,17,18). The number of aromatic nitrogens is 1. The largest absolute Gasteiger partial charge is 0.367 e. The molecule has 0 unspecified atom stereocenters. The van der Waals surface area contributed by atoms with Crippen LogP contribution < -0.4 is 5.32 Å². The summed E-state index contributed by atoms with van der Waals surface area (Å²) in [6, 6.07) is 5.05. The fourth-order valence-electron chi connectivity index (χ4n) is 3.33. The molecule has 1 aromatic heterocycles. The number of hydrogen-bond donors (Lipinski definition) is 1. The van der Waals surface area contributed by atoms with Gasteiger partial charge in [-0.2, -0.15) is 0 Å². The van der Waals surface area contributed by atoms with Crippen LogP contribution in [0.1, 0.15) is 43.9 Å². The Kier molecular flexibility index (Phi) is 4.02. The maximum Gasteiger partial charge on any atom is 0.126 e. The predicted octanol–water partition coefficient (Wildman–Crippen LogP) is 2.86. The van der Waals surface area contributed by atoms with Crippen LogP contribution in [-0.4, -0.2) is 35.6 Å². The van der Waals surface area contributed by atoms with Crippen molar-refractivity contribution in [3.05, 3.63) is 23.4 Å². The lowest BCUT2D eigenvalue weighted by Crippen LogP contribution is -2.39. The maximum atomic E-state index is 4.78. The van der Waals surface area contributed by atoms with Crippen molar-refractivity contribution in [2.24, 2.45) is 0 Å². The Balaban J connectivity index is 1.55. The minimum absolute atomic E-state index is 0.611. The van der Waals surface area contributed by atoms with E-state index in [1.54, 1.807) is 0 Å². The molecule has 0 amide bonds. The van der Waals surface area contributed by atoms with Gasteiger partial charge in [0, 0.05) is 24.8 Å². The molecular formula is C16H25N3. The van der Waals surface area contributed by atoms with Gasteiger partial charge in [-0.15, -0.1) is 0 Å². The third-order valence-electron chi connectivity index (χ3n) is 4.41. The highest BCUT2D eigenvalue weighted by atomic mass is 15.1. The number of anilines is 1. The number of hydrogen-bond acceptors (Lipinski definition) is 3. The normalized spacial score (nSPS) is 20.5. The Morgan fingerprint density at radius 2 is 2.11 bits per heavy atom. The molecule has 19 heavy (non-hydrogen) atoms. The summed E-state index contributed by atoms with van der Waals surface area (Å²) in [5, 5.41) is 3.64. The first-order valence-corrected chi connectivity index (χ1v) is 7.83. The molecule has 0 aromatic carbocycles. The van der Waals surface area contributed by atoms with Crippen molar-refractivity contribution < 1.29 is 0 Å². The van der Waals surface area contributed by atoms with E-state index in [2.05, 4.69) is 29.3 Å². The fourth-order valence-corrected chi connectivity index (χ4v) is 3.33. The van der Waals surface area contributed by atoms with E-state index in [9.17, 15) is 0 Å². The number of nitrogens with zero attached hydrogens (tertiary/aromatic N) is 2. The van der Waals surface area contributed by atoms with Crippen LogP contribution in [0.15, 0.2) is 12.1 Å². The Labute approximate surface area is 116 Å². The average Bonchev–Trinajstić information content (AvgIpc) is 2.89. The quantitative estimate of drug-likeness (QED) is 0.901. The zero-order chi connectivity index (χ0) is 13.1. The van der Waals surface area contributed by atoms with Gasteiger partial charge in [0.15, 0.2) is 0 Å². The first kappa shape index (κ1) is 12.9. The number of aryl methyl sites for hydroxylation is 2. The zero-order valence-electron chi connectivity index (χ0n) is 12.0. The van der Waals surface area contributed by atoms with Crippen LogP contribution in [0.25, 0.3) is 0 Å². The molecular weight excluding hydrogens is 234 g/mol. The monoisotopic (exact) mass is 259 g/mol. The van der Waals surface area contributed by atoms with E-state index in [-0.39, 0.29) is 0 Å². The van der Waals surface area contributed by atoms with Gasteiger partial charge < -0.3 is 10.2 Å². The van der Waals surface area contributed by atoms with Crippen LogP contribution in [-0.2, 0) is 12.8 Å². The predicted molar refractivity (Wildman–Crippen MR) is 79.6 cm³/mol. The lowest BCUT2D eigenvalue weighted by atomic mass is 10.0. The van der Waals surface area contributed by atoms with Crippen molar-refractivity contribution in [1.82, 2.24) is 9.88 Å².